The first-order valence-electron chi connectivity index (χ1n) is 5.75. The molecule has 1 aliphatic heterocycles. The van der Waals surface area contributed by atoms with Crippen molar-refractivity contribution in [2.45, 2.75) is 12.5 Å². The maximum atomic E-state index is 11.6. The SMILES string of the molecule is CNC(c1cc(Br)ccc1Cl)C1CCS(=O)(=O)C1. The molecule has 2 atom stereocenters. The van der Waals surface area contributed by atoms with Crippen molar-refractivity contribution in [2.24, 2.45) is 5.92 Å². The topological polar surface area (TPSA) is 46.2 Å². The van der Waals surface area contributed by atoms with Gasteiger partial charge in [0.15, 0.2) is 9.84 Å². The minimum Gasteiger partial charge on any atom is -0.313 e. The number of hydrogen-bond donors (Lipinski definition) is 1. The molecule has 3 nitrogen and oxygen atoms in total. The minimum atomic E-state index is -2.88. The Hall–Kier alpha value is -0.100. The first-order valence-corrected chi connectivity index (χ1v) is 8.75. The van der Waals surface area contributed by atoms with E-state index in [9.17, 15) is 8.42 Å². The largest absolute Gasteiger partial charge is 0.313 e. The fourth-order valence-electron chi connectivity index (χ4n) is 2.48. The van der Waals surface area contributed by atoms with Crippen molar-refractivity contribution in [2.75, 3.05) is 18.6 Å². The molecule has 1 aliphatic rings. The second-order valence-electron chi connectivity index (χ2n) is 4.60. The molecule has 18 heavy (non-hydrogen) atoms. The molecule has 2 rings (SSSR count). The van der Waals surface area contributed by atoms with Gasteiger partial charge in [0.25, 0.3) is 0 Å². The van der Waals surface area contributed by atoms with Crippen molar-refractivity contribution in [3.05, 3.63) is 33.3 Å². The molecule has 0 aromatic heterocycles. The Balaban J connectivity index is 2.31. The van der Waals surface area contributed by atoms with Crippen LogP contribution in [0.1, 0.15) is 18.0 Å². The number of benzene rings is 1. The Morgan fingerprint density at radius 3 is 2.78 bits per heavy atom. The summed E-state index contributed by atoms with van der Waals surface area (Å²) in [5, 5.41) is 3.86. The van der Waals surface area contributed by atoms with E-state index in [2.05, 4.69) is 21.2 Å². The van der Waals surface area contributed by atoms with Gasteiger partial charge >= 0.3 is 0 Å². The van der Waals surface area contributed by atoms with Gasteiger partial charge in [0.05, 0.1) is 11.5 Å². The molecule has 0 saturated carbocycles. The van der Waals surface area contributed by atoms with E-state index in [4.69, 9.17) is 11.6 Å². The zero-order valence-corrected chi connectivity index (χ0v) is 13.1. The molecule has 1 N–H and O–H groups in total. The summed E-state index contributed by atoms with van der Waals surface area (Å²) in [5.74, 6) is 0.606. The van der Waals surface area contributed by atoms with Gasteiger partial charge in [-0.1, -0.05) is 27.5 Å². The van der Waals surface area contributed by atoms with Crippen molar-refractivity contribution in [3.8, 4) is 0 Å². The number of sulfone groups is 1. The Kier molecular flexibility index (Phi) is 4.36. The monoisotopic (exact) mass is 351 g/mol. The molecule has 0 aliphatic carbocycles. The van der Waals surface area contributed by atoms with E-state index >= 15 is 0 Å². The average Bonchev–Trinajstić information content (AvgIpc) is 2.65. The predicted octanol–water partition coefficient (Wildman–Crippen LogP) is 2.80. The van der Waals surface area contributed by atoms with Crippen molar-refractivity contribution >= 4 is 37.4 Å². The Morgan fingerprint density at radius 1 is 1.50 bits per heavy atom. The summed E-state index contributed by atoms with van der Waals surface area (Å²) in [6, 6.07) is 5.64. The van der Waals surface area contributed by atoms with Crippen LogP contribution in [-0.2, 0) is 9.84 Å². The molecule has 1 aromatic rings. The lowest BCUT2D eigenvalue weighted by molar-refractivity contribution is 0.418. The number of hydrogen-bond acceptors (Lipinski definition) is 3. The maximum Gasteiger partial charge on any atom is 0.150 e. The van der Waals surface area contributed by atoms with E-state index in [1.54, 1.807) is 0 Å². The zero-order valence-electron chi connectivity index (χ0n) is 9.99. The van der Waals surface area contributed by atoms with Crippen LogP contribution in [0.2, 0.25) is 5.02 Å². The van der Waals surface area contributed by atoms with E-state index in [0.29, 0.717) is 11.4 Å². The second kappa shape index (κ2) is 5.49. The fraction of sp³-hybridized carbons (Fsp3) is 0.500. The summed E-state index contributed by atoms with van der Waals surface area (Å²) < 4.78 is 24.1. The van der Waals surface area contributed by atoms with Gasteiger partial charge in [0, 0.05) is 15.5 Å². The van der Waals surface area contributed by atoms with Crippen molar-refractivity contribution in [1.82, 2.24) is 5.32 Å². The molecule has 0 bridgehead atoms. The van der Waals surface area contributed by atoms with E-state index in [1.165, 1.54) is 0 Å². The van der Waals surface area contributed by atoms with Crippen molar-refractivity contribution in [3.63, 3.8) is 0 Å². The molecule has 100 valence electrons. The van der Waals surface area contributed by atoms with Gasteiger partial charge in [0.2, 0.25) is 0 Å². The molecule has 0 radical (unpaired) electrons. The molecular weight excluding hydrogens is 338 g/mol. The molecule has 1 saturated heterocycles. The van der Waals surface area contributed by atoms with E-state index in [0.717, 1.165) is 10.0 Å². The van der Waals surface area contributed by atoms with Crippen LogP contribution in [-0.4, -0.2) is 27.0 Å². The van der Waals surface area contributed by atoms with Crippen LogP contribution in [0.5, 0.6) is 0 Å². The van der Waals surface area contributed by atoms with Gasteiger partial charge in [-0.2, -0.15) is 0 Å². The third-order valence-electron chi connectivity index (χ3n) is 3.34. The number of nitrogens with one attached hydrogen (secondary N) is 1. The normalized spacial score (nSPS) is 24.1. The van der Waals surface area contributed by atoms with Crippen LogP contribution in [0.15, 0.2) is 22.7 Å². The molecule has 0 amide bonds. The van der Waals surface area contributed by atoms with E-state index in [1.807, 2.05) is 25.2 Å². The van der Waals surface area contributed by atoms with Gasteiger partial charge < -0.3 is 5.32 Å². The molecule has 1 aromatic carbocycles. The lowest BCUT2D eigenvalue weighted by Gasteiger charge is -2.23. The number of halogens is 2. The van der Waals surface area contributed by atoms with Crippen LogP contribution in [0.25, 0.3) is 0 Å². The highest BCUT2D eigenvalue weighted by Gasteiger charge is 2.34. The summed E-state index contributed by atoms with van der Waals surface area (Å²) in [4.78, 5) is 0. The third kappa shape index (κ3) is 3.07. The summed E-state index contributed by atoms with van der Waals surface area (Å²) >= 11 is 9.63. The van der Waals surface area contributed by atoms with Crippen LogP contribution >= 0.6 is 27.5 Å². The molecule has 2 unspecified atom stereocenters. The van der Waals surface area contributed by atoms with Gasteiger partial charge in [-0.05, 0) is 43.1 Å². The molecule has 6 heteroatoms. The van der Waals surface area contributed by atoms with Gasteiger partial charge in [-0.15, -0.1) is 0 Å². The highest BCUT2D eigenvalue weighted by atomic mass is 79.9. The van der Waals surface area contributed by atoms with Crippen LogP contribution < -0.4 is 5.32 Å². The van der Waals surface area contributed by atoms with Crippen LogP contribution in [0.3, 0.4) is 0 Å². The molecule has 1 heterocycles. The summed E-state index contributed by atoms with van der Waals surface area (Å²) in [6.07, 6.45) is 0.691. The molecular formula is C12H15BrClNO2S. The first-order chi connectivity index (χ1) is 8.43. The highest BCUT2D eigenvalue weighted by molar-refractivity contribution is 9.10. The van der Waals surface area contributed by atoms with Gasteiger partial charge in [0.1, 0.15) is 0 Å². The Morgan fingerprint density at radius 2 is 2.22 bits per heavy atom. The minimum absolute atomic E-state index is 0.0210. The van der Waals surface area contributed by atoms with Crippen LogP contribution in [0.4, 0.5) is 0 Å². The second-order valence-corrected chi connectivity index (χ2v) is 8.15. The fourth-order valence-corrected chi connectivity index (χ4v) is 4.94. The van der Waals surface area contributed by atoms with E-state index in [-0.39, 0.29) is 23.5 Å². The highest BCUT2D eigenvalue weighted by Crippen LogP contribution is 2.35. The van der Waals surface area contributed by atoms with Crippen molar-refractivity contribution in [1.29, 1.82) is 0 Å². The molecule has 0 spiro atoms. The third-order valence-corrected chi connectivity index (χ3v) is 5.97. The van der Waals surface area contributed by atoms with Crippen LogP contribution in [0, 0.1) is 5.92 Å². The van der Waals surface area contributed by atoms with Crippen molar-refractivity contribution < 1.29 is 8.42 Å². The Labute approximate surface area is 121 Å². The summed E-state index contributed by atoms with van der Waals surface area (Å²) in [5.41, 5.74) is 0.954. The van der Waals surface area contributed by atoms with Gasteiger partial charge in [-0.25, -0.2) is 8.42 Å². The molecule has 1 fully saturated rings. The Bertz CT molecular complexity index is 547. The smallest absolute Gasteiger partial charge is 0.150 e. The zero-order chi connectivity index (χ0) is 13.3. The lowest BCUT2D eigenvalue weighted by atomic mass is 9.92. The quantitative estimate of drug-likeness (QED) is 0.910. The van der Waals surface area contributed by atoms with Gasteiger partial charge in [-0.3, -0.25) is 0 Å². The number of rotatable bonds is 3. The summed E-state index contributed by atoms with van der Waals surface area (Å²) in [7, 11) is -1.04. The maximum absolute atomic E-state index is 11.6. The predicted molar refractivity (Wildman–Crippen MR) is 77.7 cm³/mol. The summed E-state index contributed by atoms with van der Waals surface area (Å²) in [6.45, 7) is 0. The standard InChI is InChI=1S/C12H15BrClNO2S/c1-15-12(8-4-5-18(16,17)7-8)10-6-9(13)2-3-11(10)14/h2-3,6,8,12,15H,4-5,7H2,1H3. The average molecular weight is 353 g/mol. The lowest BCUT2D eigenvalue weighted by Crippen LogP contribution is -2.26. The van der Waals surface area contributed by atoms with E-state index < -0.39 is 9.84 Å². The first kappa shape index (κ1) is 14.3.